The second-order valence-electron chi connectivity index (χ2n) is 4.54. The number of anilines is 2. The first-order valence-electron chi connectivity index (χ1n) is 6.43. The molecule has 0 saturated heterocycles. The number of thioether (sulfide) groups is 1. The summed E-state index contributed by atoms with van der Waals surface area (Å²) in [6.07, 6.45) is 2.96. The number of nitrogens with zero attached hydrogens (tertiary/aromatic N) is 2. The zero-order valence-corrected chi connectivity index (χ0v) is 13.5. The smallest absolute Gasteiger partial charge is 0.189 e. The lowest BCUT2D eigenvalue weighted by atomic mass is 10.1. The summed E-state index contributed by atoms with van der Waals surface area (Å²) >= 11 is 5.02. The molecule has 4 nitrogen and oxygen atoms in total. The van der Waals surface area contributed by atoms with Crippen LogP contribution in [0.1, 0.15) is 11.3 Å². The van der Waals surface area contributed by atoms with Crippen molar-refractivity contribution in [3.05, 3.63) is 40.0 Å². The molecule has 1 aliphatic heterocycles. The summed E-state index contributed by atoms with van der Waals surface area (Å²) in [7, 11) is 0. The Labute approximate surface area is 130 Å². The van der Waals surface area contributed by atoms with Crippen LogP contribution in [0, 0.1) is 0 Å². The standard InChI is InChI=1S/C14H15BrN4S/c1-20-14-18-12-8-16-7-6-11(12)13(19-14)17-10-4-2-9(15)3-5-10/h2-5,16H,6-8H2,1H3,(H,17,18,19). The number of hydrogen-bond acceptors (Lipinski definition) is 5. The normalized spacial score (nSPS) is 13.9. The predicted octanol–water partition coefficient (Wildman–Crippen LogP) is 3.35. The number of nitrogens with one attached hydrogen (secondary N) is 2. The fourth-order valence-electron chi connectivity index (χ4n) is 2.20. The number of fused-ring (bicyclic) bond motifs is 1. The minimum absolute atomic E-state index is 0.812. The Kier molecular flexibility index (Phi) is 4.24. The quantitative estimate of drug-likeness (QED) is 0.656. The van der Waals surface area contributed by atoms with Crippen LogP contribution in [0.3, 0.4) is 0 Å². The van der Waals surface area contributed by atoms with Crippen molar-refractivity contribution in [3.63, 3.8) is 0 Å². The Balaban J connectivity index is 1.96. The maximum absolute atomic E-state index is 4.62. The van der Waals surface area contributed by atoms with Gasteiger partial charge in [0.05, 0.1) is 5.69 Å². The highest BCUT2D eigenvalue weighted by Gasteiger charge is 2.17. The highest BCUT2D eigenvalue weighted by molar-refractivity contribution is 9.10. The van der Waals surface area contributed by atoms with Gasteiger partial charge < -0.3 is 10.6 Å². The molecule has 0 unspecified atom stereocenters. The Morgan fingerprint density at radius 2 is 2.05 bits per heavy atom. The largest absolute Gasteiger partial charge is 0.340 e. The molecule has 0 saturated carbocycles. The molecule has 1 aromatic heterocycles. The number of halogens is 1. The van der Waals surface area contributed by atoms with Gasteiger partial charge in [-0.2, -0.15) is 0 Å². The van der Waals surface area contributed by atoms with Crippen LogP contribution in [0.5, 0.6) is 0 Å². The molecule has 0 bridgehead atoms. The fourth-order valence-corrected chi connectivity index (χ4v) is 2.85. The van der Waals surface area contributed by atoms with E-state index in [1.165, 1.54) is 5.56 Å². The van der Waals surface area contributed by atoms with Crippen LogP contribution in [0.4, 0.5) is 11.5 Å². The van der Waals surface area contributed by atoms with Gasteiger partial charge in [-0.3, -0.25) is 0 Å². The number of aromatic nitrogens is 2. The van der Waals surface area contributed by atoms with Crippen LogP contribution in [-0.4, -0.2) is 22.8 Å². The number of rotatable bonds is 3. The number of hydrogen-bond donors (Lipinski definition) is 2. The molecular formula is C14H15BrN4S. The molecule has 0 fully saturated rings. The topological polar surface area (TPSA) is 49.8 Å². The summed E-state index contributed by atoms with van der Waals surface area (Å²) in [6.45, 7) is 1.80. The van der Waals surface area contributed by atoms with Crippen molar-refractivity contribution < 1.29 is 0 Å². The van der Waals surface area contributed by atoms with E-state index >= 15 is 0 Å². The molecule has 0 amide bonds. The molecule has 1 aliphatic rings. The average Bonchev–Trinajstić information content (AvgIpc) is 2.49. The summed E-state index contributed by atoms with van der Waals surface area (Å²) < 4.78 is 1.07. The van der Waals surface area contributed by atoms with Crippen molar-refractivity contribution in [2.75, 3.05) is 18.1 Å². The third kappa shape index (κ3) is 2.97. The van der Waals surface area contributed by atoms with Crippen molar-refractivity contribution in [2.24, 2.45) is 0 Å². The van der Waals surface area contributed by atoms with E-state index in [-0.39, 0.29) is 0 Å². The van der Waals surface area contributed by atoms with Gasteiger partial charge in [-0.1, -0.05) is 27.7 Å². The lowest BCUT2D eigenvalue weighted by molar-refractivity contribution is 0.615. The fraction of sp³-hybridized carbons (Fsp3) is 0.286. The molecule has 6 heteroatoms. The van der Waals surface area contributed by atoms with Gasteiger partial charge in [0.25, 0.3) is 0 Å². The Hall–Kier alpha value is -1.11. The Morgan fingerprint density at radius 1 is 1.25 bits per heavy atom. The SMILES string of the molecule is CSc1nc2c(c(Nc3ccc(Br)cc3)n1)CCNC2. The monoisotopic (exact) mass is 350 g/mol. The van der Waals surface area contributed by atoms with Gasteiger partial charge in [-0.25, -0.2) is 9.97 Å². The highest BCUT2D eigenvalue weighted by atomic mass is 79.9. The van der Waals surface area contributed by atoms with Crippen molar-refractivity contribution >= 4 is 39.2 Å². The molecule has 0 spiro atoms. The molecule has 20 heavy (non-hydrogen) atoms. The molecule has 2 heterocycles. The van der Waals surface area contributed by atoms with E-state index < -0.39 is 0 Å². The van der Waals surface area contributed by atoms with E-state index in [0.717, 1.165) is 46.3 Å². The molecule has 104 valence electrons. The summed E-state index contributed by atoms with van der Waals surface area (Å²) in [6, 6.07) is 8.12. The lowest BCUT2D eigenvalue weighted by Gasteiger charge is -2.20. The first kappa shape index (κ1) is 13.9. The second kappa shape index (κ2) is 6.11. The van der Waals surface area contributed by atoms with E-state index in [1.54, 1.807) is 11.8 Å². The van der Waals surface area contributed by atoms with E-state index in [1.807, 2.05) is 30.5 Å². The minimum atomic E-state index is 0.812. The molecule has 0 radical (unpaired) electrons. The van der Waals surface area contributed by atoms with Gasteiger partial charge in [0, 0.05) is 22.3 Å². The zero-order chi connectivity index (χ0) is 13.9. The molecule has 2 aromatic rings. The van der Waals surface area contributed by atoms with Crippen molar-refractivity contribution in [1.29, 1.82) is 0 Å². The first-order valence-corrected chi connectivity index (χ1v) is 8.45. The van der Waals surface area contributed by atoms with Crippen molar-refractivity contribution in [3.8, 4) is 0 Å². The van der Waals surface area contributed by atoms with Crippen LogP contribution >= 0.6 is 27.7 Å². The van der Waals surface area contributed by atoms with Crippen molar-refractivity contribution in [1.82, 2.24) is 15.3 Å². The summed E-state index contributed by atoms with van der Waals surface area (Å²) in [5, 5.41) is 7.59. The minimum Gasteiger partial charge on any atom is -0.340 e. The maximum Gasteiger partial charge on any atom is 0.189 e. The molecule has 1 aromatic carbocycles. The molecule has 0 aliphatic carbocycles. The summed E-state index contributed by atoms with van der Waals surface area (Å²) in [5.74, 6) is 0.933. The highest BCUT2D eigenvalue weighted by Crippen LogP contribution is 2.26. The molecular weight excluding hydrogens is 336 g/mol. The molecule has 2 N–H and O–H groups in total. The van der Waals surface area contributed by atoms with Gasteiger partial charge >= 0.3 is 0 Å². The summed E-state index contributed by atoms with van der Waals surface area (Å²) in [5.41, 5.74) is 3.37. The average molecular weight is 351 g/mol. The van der Waals surface area contributed by atoms with Gasteiger partial charge in [0.2, 0.25) is 0 Å². The van der Waals surface area contributed by atoms with Crippen molar-refractivity contribution in [2.45, 2.75) is 18.1 Å². The van der Waals surface area contributed by atoms with E-state index in [0.29, 0.717) is 0 Å². The van der Waals surface area contributed by atoms with Crippen LogP contribution in [0.15, 0.2) is 33.9 Å². The zero-order valence-electron chi connectivity index (χ0n) is 11.1. The second-order valence-corrected chi connectivity index (χ2v) is 6.23. The third-order valence-electron chi connectivity index (χ3n) is 3.21. The van der Waals surface area contributed by atoms with Crippen LogP contribution in [0.25, 0.3) is 0 Å². The van der Waals surface area contributed by atoms with Crippen LogP contribution in [0.2, 0.25) is 0 Å². The predicted molar refractivity (Wildman–Crippen MR) is 86.6 cm³/mol. The van der Waals surface area contributed by atoms with Gasteiger partial charge in [-0.15, -0.1) is 0 Å². The van der Waals surface area contributed by atoms with Gasteiger partial charge in [0.1, 0.15) is 5.82 Å². The van der Waals surface area contributed by atoms with Crippen LogP contribution < -0.4 is 10.6 Å². The Morgan fingerprint density at radius 3 is 2.80 bits per heavy atom. The maximum atomic E-state index is 4.62. The lowest BCUT2D eigenvalue weighted by Crippen LogP contribution is -2.26. The van der Waals surface area contributed by atoms with E-state index in [9.17, 15) is 0 Å². The first-order chi connectivity index (χ1) is 9.76. The van der Waals surface area contributed by atoms with Crippen LogP contribution in [-0.2, 0) is 13.0 Å². The Bertz CT molecular complexity index is 615. The van der Waals surface area contributed by atoms with Gasteiger partial charge in [-0.05, 0) is 43.5 Å². The van der Waals surface area contributed by atoms with E-state index in [4.69, 9.17) is 0 Å². The van der Waals surface area contributed by atoms with Gasteiger partial charge in [0.15, 0.2) is 5.16 Å². The van der Waals surface area contributed by atoms with E-state index in [2.05, 4.69) is 36.5 Å². The molecule has 3 rings (SSSR count). The number of benzene rings is 1. The molecule has 0 atom stereocenters. The third-order valence-corrected chi connectivity index (χ3v) is 4.28. The summed E-state index contributed by atoms with van der Waals surface area (Å²) in [4.78, 5) is 9.21.